The molecular weight excluding hydrogens is 270 g/mol. The van der Waals surface area contributed by atoms with Crippen molar-refractivity contribution in [3.05, 3.63) is 23.8 Å². The highest BCUT2D eigenvalue weighted by atomic mass is 16.5. The maximum Gasteiger partial charge on any atom is 0.338 e. The van der Waals surface area contributed by atoms with Gasteiger partial charge in [0.2, 0.25) is 5.91 Å². The molecule has 0 spiro atoms. The van der Waals surface area contributed by atoms with Crippen molar-refractivity contribution in [1.29, 1.82) is 0 Å². The molecule has 0 heterocycles. The number of hydrogen-bond acceptors (Lipinski definition) is 5. The van der Waals surface area contributed by atoms with Crippen LogP contribution >= 0.6 is 0 Å². The first kappa shape index (κ1) is 16.8. The minimum Gasteiger partial charge on any atom is -0.462 e. The number of anilines is 2. The van der Waals surface area contributed by atoms with E-state index in [2.05, 4.69) is 0 Å². The van der Waals surface area contributed by atoms with E-state index >= 15 is 0 Å². The first-order valence-electron chi connectivity index (χ1n) is 6.92. The Hall–Kier alpha value is -2.24. The summed E-state index contributed by atoms with van der Waals surface area (Å²) in [5, 5.41) is 0. The third kappa shape index (κ3) is 4.37. The number of nitrogens with two attached hydrogens (primary N) is 1. The van der Waals surface area contributed by atoms with Crippen LogP contribution in [0, 0.1) is 0 Å². The Labute approximate surface area is 125 Å². The highest BCUT2D eigenvalue weighted by molar-refractivity contribution is 5.92. The van der Waals surface area contributed by atoms with Crippen LogP contribution < -0.4 is 10.6 Å². The second-order valence-corrected chi connectivity index (χ2v) is 4.80. The molecule has 21 heavy (non-hydrogen) atoms. The van der Waals surface area contributed by atoms with Crippen molar-refractivity contribution in [3.8, 4) is 0 Å². The summed E-state index contributed by atoms with van der Waals surface area (Å²) in [5.41, 5.74) is 7.59. The van der Waals surface area contributed by atoms with Crippen molar-refractivity contribution in [2.75, 3.05) is 44.4 Å². The zero-order valence-corrected chi connectivity index (χ0v) is 13.0. The molecule has 1 aromatic rings. The molecule has 1 aromatic carbocycles. The van der Waals surface area contributed by atoms with Gasteiger partial charge in [-0.3, -0.25) is 4.79 Å². The van der Waals surface area contributed by atoms with Crippen LogP contribution in [0.15, 0.2) is 18.2 Å². The van der Waals surface area contributed by atoms with E-state index in [9.17, 15) is 9.59 Å². The minimum atomic E-state index is -0.395. The maximum absolute atomic E-state index is 11.9. The quantitative estimate of drug-likeness (QED) is 0.633. The summed E-state index contributed by atoms with van der Waals surface area (Å²) < 4.78 is 4.98. The molecule has 6 nitrogen and oxygen atoms in total. The lowest BCUT2D eigenvalue weighted by Crippen LogP contribution is -2.37. The number of esters is 1. The molecule has 116 valence electrons. The van der Waals surface area contributed by atoms with Crippen molar-refractivity contribution in [1.82, 2.24) is 4.90 Å². The Morgan fingerprint density at radius 2 is 1.90 bits per heavy atom. The SMILES string of the molecule is CCOC(=O)c1ccc(N)c(N(CC)CC(=O)N(C)C)c1. The van der Waals surface area contributed by atoms with Crippen LogP contribution in [0.3, 0.4) is 0 Å². The molecule has 0 radical (unpaired) electrons. The number of carbonyl (C=O) groups is 2. The van der Waals surface area contributed by atoms with E-state index in [1.165, 1.54) is 4.90 Å². The number of rotatable bonds is 6. The van der Waals surface area contributed by atoms with Gasteiger partial charge < -0.3 is 20.3 Å². The van der Waals surface area contributed by atoms with Gasteiger partial charge in [0, 0.05) is 20.6 Å². The molecule has 0 atom stereocenters. The van der Waals surface area contributed by atoms with Gasteiger partial charge in [-0.15, -0.1) is 0 Å². The molecule has 2 N–H and O–H groups in total. The molecule has 1 rings (SSSR count). The van der Waals surface area contributed by atoms with Gasteiger partial charge in [-0.1, -0.05) is 0 Å². The van der Waals surface area contributed by atoms with Crippen LogP contribution in [-0.4, -0.2) is 50.6 Å². The van der Waals surface area contributed by atoms with Crippen LogP contribution in [0.25, 0.3) is 0 Å². The molecule has 0 saturated carbocycles. The summed E-state index contributed by atoms with van der Waals surface area (Å²) in [4.78, 5) is 27.0. The second-order valence-electron chi connectivity index (χ2n) is 4.80. The second kappa shape index (κ2) is 7.52. The number of nitrogen functional groups attached to an aromatic ring is 1. The van der Waals surface area contributed by atoms with E-state index in [0.717, 1.165) is 0 Å². The van der Waals surface area contributed by atoms with Gasteiger partial charge in [-0.2, -0.15) is 0 Å². The molecule has 1 amide bonds. The number of likely N-dealkylation sites (N-methyl/N-ethyl adjacent to an activating group) is 2. The lowest BCUT2D eigenvalue weighted by Gasteiger charge is -2.25. The third-order valence-corrected chi connectivity index (χ3v) is 3.09. The molecule has 0 unspecified atom stereocenters. The first-order chi connectivity index (χ1) is 9.90. The van der Waals surface area contributed by atoms with Gasteiger partial charge >= 0.3 is 5.97 Å². The van der Waals surface area contributed by atoms with E-state index < -0.39 is 5.97 Å². The molecular formula is C15H23N3O3. The topological polar surface area (TPSA) is 75.9 Å². The Morgan fingerprint density at radius 3 is 2.43 bits per heavy atom. The summed E-state index contributed by atoms with van der Waals surface area (Å²) in [6.45, 7) is 4.81. The van der Waals surface area contributed by atoms with E-state index in [-0.39, 0.29) is 12.5 Å². The summed E-state index contributed by atoms with van der Waals surface area (Å²) in [6.07, 6.45) is 0. The third-order valence-electron chi connectivity index (χ3n) is 3.09. The standard InChI is InChI=1S/C15H23N3O3/c1-5-18(10-14(19)17(3)4)13-9-11(7-8-12(13)16)15(20)21-6-2/h7-9H,5-6,10,16H2,1-4H3. The maximum atomic E-state index is 11.9. The summed E-state index contributed by atoms with van der Waals surface area (Å²) in [6, 6.07) is 4.95. The first-order valence-corrected chi connectivity index (χ1v) is 6.92. The Morgan fingerprint density at radius 1 is 1.24 bits per heavy atom. The van der Waals surface area contributed by atoms with Crippen molar-refractivity contribution in [2.24, 2.45) is 0 Å². The van der Waals surface area contributed by atoms with Gasteiger partial charge in [0.1, 0.15) is 0 Å². The number of carbonyl (C=O) groups excluding carboxylic acids is 2. The highest BCUT2D eigenvalue weighted by Gasteiger charge is 2.16. The number of nitrogens with zero attached hydrogens (tertiary/aromatic N) is 2. The van der Waals surface area contributed by atoms with Crippen molar-refractivity contribution in [3.63, 3.8) is 0 Å². The van der Waals surface area contributed by atoms with Crippen molar-refractivity contribution < 1.29 is 14.3 Å². The largest absolute Gasteiger partial charge is 0.462 e. The van der Waals surface area contributed by atoms with Crippen LogP contribution in [0.1, 0.15) is 24.2 Å². The number of ether oxygens (including phenoxy) is 1. The Kier molecular flexibility index (Phi) is 6.02. The number of hydrogen-bond donors (Lipinski definition) is 1. The van der Waals surface area contributed by atoms with E-state index in [4.69, 9.17) is 10.5 Å². The molecule has 6 heteroatoms. The Bertz CT molecular complexity index is 515. The van der Waals surface area contributed by atoms with Crippen LogP contribution in [0.5, 0.6) is 0 Å². The molecule has 0 bridgehead atoms. The molecule has 0 fully saturated rings. The average molecular weight is 293 g/mol. The summed E-state index contributed by atoms with van der Waals surface area (Å²) in [5.74, 6) is -0.425. The highest BCUT2D eigenvalue weighted by Crippen LogP contribution is 2.25. The fraction of sp³-hybridized carbons (Fsp3) is 0.467. The van der Waals surface area contributed by atoms with E-state index in [1.54, 1.807) is 39.2 Å². The van der Waals surface area contributed by atoms with Gasteiger partial charge in [-0.25, -0.2) is 4.79 Å². The summed E-state index contributed by atoms with van der Waals surface area (Å²) in [7, 11) is 3.41. The monoisotopic (exact) mass is 293 g/mol. The zero-order chi connectivity index (χ0) is 16.0. The number of benzene rings is 1. The van der Waals surface area contributed by atoms with Crippen LogP contribution in [-0.2, 0) is 9.53 Å². The molecule has 0 aliphatic heterocycles. The minimum absolute atomic E-state index is 0.0298. The smallest absolute Gasteiger partial charge is 0.338 e. The van der Waals surface area contributed by atoms with Crippen molar-refractivity contribution in [2.45, 2.75) is 13.8 Å². The molecule has 0 aromatic heterocycles. The fourth-order valence-corrected chi connectivity index (χ4v) is 1.83. The number of amides is 1. The molecule has 0 aliphatic rings. The normalized spacial score (nSPS) is 10.1. The lowest BCUT2D eigenvalue weighted by molar-refractivity contribution is -0.127. The predicted molar refractivity (Wildman–Crippen MR) is 83.4 cm³/mol. The Balaban J connectivity index is 3.05. The van der Waals surface area contributed by atoms with E-state index in [0.29, 0.717) is 30.1 Å². The lowest BCUT2D eigenvalue weighted by atomic mass is 10.1. The van der Waals surface area contributed by atoms with Gasteiger partial charge in [-0.05, 0) is 32.0 Å². The fourth-order valence-electron chi connectivity index (χ4n) is 1.83. The van der Waals surface area contributed by atoms with E-state index in [1.807, 2.05) is 11.8 Å². The van der Waals surface area contributed by atoms with Gasteiger partial charge in [0.05, 0.1) is 30.1 Å². The van der Waals surface area contributed by atoms with Crippen molar-refractivity contribution >= 4 is 23.3 Å². The average Bonchev–Trinajstić information content (AvgIpc) is 2.45. The molecule has 0 aliphatic carbocycles. The van der Waals surface area contributed by atoms with Crippen LogP contribution in [0.4, 0.5) is 11.4 Å². The summed E-state index contributed by atoms with van der Waals surface area (Å²) >= 11 is 0. The predicted octanol–water partition coefficient (Wildman–Crippen LogP) is 1.36. The van der Waals surface area contributed by atoms with Gasteiger partial charge in [0.15, 0.2) is 0 Å². The van der Waals surface area contributed by atoms with Crippen LogP contribution in [0.2, 0.25) is 0 Å². The zero-order valence-electron chi connectivity index (χ0n) is 13.0. The molecule has 0 saturated heterocycles. The van der Waals surface area contributed by atoms with Gasteiger partial charge in [0.25, 0.3) is 0 Å².